The number of benzene rings is 1. The van der Waals surface area contributed by atoms with Gasteiger partial charge in [-0.05, 0) is 37.6 Å². The van der Waals surface area contributed by atoms with Crippen LogP contribution in [0.25, 0.3) is 0 Å². The molecule has 1 aromatic carbocycles. The molecule has 0 unspecified atom stereocenters. The molecule has 2 heterocycles. The molecule has 9 heteroatoms. The van der Waals surface area contributed by atoms with E-state index in [1.165, 1.54) is 15.9 Å². The second kappa shape index (κ2) is 8.01. The summed E-state index contributed by atoms with van der Waals surface area (Å²) in [6.45, 7) is 8.14. The molecule has 4 nitrogen and oxygen atoms in total. The molecular formula is C18H21BrClF3N4. The number of halogens is 5. The van der Waals surface area contributed by atoms with Crippen LogP contribution in [0.3, 0.4) is 0 Å². The van der Waals surface area contributed by atoms with E-state index in [1.807, 2.05) is 0 Å². The van der Waals surface area contributed by atoms with Gasteiger partial charge in [0.05, 0.1) is 17.3 Å². The van der Waals surface area contributed by atoms with Crippen LogP contribution < -0.4 is 4.90 Å². The Morgan fingerprint density at radius 3 is 2.33 bits per heavy atom. The molecule has 0 saturated carbocycles. The van der Waals surface area contributed by atoms with Crippen molar-refractivity contribution in [2.45, 2.75) is 26.6 Å². The van der Waals surface area contributed by atoms with Crippen molar-refractivity contribution in [1.82, 2.24) is 14.7 Å². The molecule has 1 aliphatic rings. The Morgan fingerprint density at radius 2 is 1.78 bits per heavy atom. The van der Waals surface area contributed by atoms with E-state index < -0.39 is 11.9 Å². The van der Waals surface area contributed by atoms with Gasteiger partial charge in [-0.2, -0.15) is 18.3 Å². The third kappa shape index (κ3) is 4.60. The van der Waals surface area contributed by atoms with E-state index in [-0.39, 0.29) is 5.02 Å². The first-order chi connectivity index (χ1) is 12.7. The molecule has 0 aliphatic carbocycles. The van der Waals surface area contributed by atoms with Gasteiger partial charge in [-0.25, -0.2) is 0 Å². The summed E-state index contributed by atoms with van der Waals surface area (Å²) < 4.78 is 41.2. The number of hydrogen-bond acceptors (Lipinski definition) is 3. The Labute approximate surface area is 170 Å². The molecule has 0 N–H and O–H groups in total. The number of nitrogens with zero attached hydrogens (tertiary/aromatic N) is 4. The first-order valence-corrected chi connectivity index (χ1v) is 9.87. The average molecular weight is 466 g/mol. The molecule has 0 atom stereocenters. The van der Waals surface area contributed by atoms with Crippen LogP contribution in [0.5, 0.6) is 0 Å². The van der Waals surface area contributed by atoms with Gasteiger partial charge in [-0.15, -0.1) is 0 Å². The average Bonchev–Trinajstić information content (AvgIpc) is 2.91. The summed E-state index contributed by atoms with van der Waals surface area (Å²) in [5.41, 5.74) is 1.74. The maximum Gasteiger partial charge on any atom is 0.436 e. The molecule has 1 aliphatic heterocycles. The highest BCUT2D eigenvalue weighted by Gasteiger charge is 2.38. The SMILES string of the molecule is Cc1cc(N2CCN(CCn3nc(C(F)(F)F)c(Cl)c3C)CC2)ccc1Br. The normalized spacial score (nSPS) is 16.2. The zero-order chi connectivity index (χ0) is 19.8. The Hall–Kier alpha value is -1.25. The second-order valence-electron chi connectivity index (χ2n) is 6.73. The molecular weight excluding hydrogens is 445 g/mol. The minimum atomic E-state index is -4.53. The van der Waals surface area contributed by atoms with Crippen LogP contribution in [-0.4, -0.2) is 47.4 Å². The second-order valence-corrected chi connectivity index (χ2v) is 7.96. The third-order valence-corrected chi connectivity index (χ3v) is 6.25. The van der Waals surface area contributed by atoms with Crippen LogP contribution in [0, 0.1) is 13.8 Å². The highest BCUT2D eigenvalue weighted by atomic mass is 79.9. The first-order valence-electron chi connectivity index (χ1n) is 8.70. The minimum absolute atomic E-state index is 0.307. The molecule has 0 amide bonds. The summed E-state index contributed by atoms with van der Waals surface area (Å²) in [6, 6.07) is 6.31. The number of hydrogen-bond donors (Lipinski definition) is 0. The lowest BCUT2D eigenvalue weighted by molar-refractivity contribution is -0.141. The van der Waals surface area contributed by atoms with Gasteiger partial charge in [0.2, 0.25) is 0 Å². The summed E-state index contributed by atoms with van der Waals surface area (Å²) in [6.07, 6.45) is -4.53. The summed E-state index contributed by atoms with van der Waals surface area (Å²) >= 11 is 9.32. The summed E-state index contributed by atoms with van der Waals surface area (Å²) in [4.78, 5) is 4.57. The van der Waals surface area contributed by atoms with E-state index in [0.717, 1.165) is 30.7 Å². The van der Waals surface area contributed by atoms with Crippen LogP contribution in [0.2, 0.25) is 5.02 Å². The van der Waals surface area contributed by atoms with Gasteiger partial charge in [0.1, 0.15) is 0 Å². The zero-order valence-electron chi connectivity index (χ0n) is 15.2. The molecule has 0 radical (unpaired) electrons. The van der Waals surface area contributed by atoms with Gasteiger partial charge in [0.15, 0.2) is 5.69 Å². The van der Waals surface area contributed by atoms with E-state index in [1.54, 1.807) is 6.92 Å². The van der Waals surface area contributed by atoms with Crippen LogP contribution in [0.15, 0.2) is 22.7 Å². The predicted octanol–water partition coefficient (Wildman–Crippen LogP) is 4.76. The molecule has 0 bridgehead atoms. The Morgan fingerprint density at radius 1 is 1.11 bits per heavy atom. The fraction of sp³-hybridized carbons (Fsp3) is 0.500. The number of piperazine rings is 1. The molecule has 1 fully saturated rings. The van der Waals surface area contributed by atoms with Crippen LogP contribution in [-0.2, 0) is 12.7 Å². The van der Waals surface area contributed by atoms with Crippen molar-refractivity contribution in [2.75, 3.05) is 37.6 Å². The highest BCUT2D eigenvalue weighted by molar-refractivity contribution is 9.10. The predicted molar refractivity (Wildman–Crippen MR) is 105 cm³/mol. The molecule has 1 aromatic heterocycles. The van der Waals surface area contributed by atoms with Crippen molar-refractivity contribution < 1.29 is 13.2 Å². The van der Waals surface area contributed by atoms with Gasteiger partial charge in [0, 0.05) is 42.9 Å². The number of rotatable bonds is 4. The number of aryl methyl sites for hydroxylation is 1. The lowest BCUT2D eigenvalue weighted by Gasteiger charge is -2.36. The monoisotopic (exact) mass is 464 g/mol. The van der Waals surface area contributed by atoms with Crippen molar-refractivity contribution in [3.8, 4) is 0 Å². The van der Waals surface area contributed by atoms with E-state index >= 15 is 0 Å². The molecule has 3 rings (SSSR count). The third-order valence-electron chi connectivity index (χ3n) is 4.91. The van der Waals surface area contributed by atoms with Gasteiger partial charge in [0.25, 0.3) is 0 Å². The van der Waals surface area contributed by atoms with Crippen LogP contribution >= 0.6 is 27.5 Å². The summed E-state index contributed by atoms with van der Waals surface area (Å²) in [7, 11) is 0. The van der Waals surface area contributed by atoms with Gasteiger partial charge < -0.3 is 4.90 Å². The zero-order valence-corrected chi connectivity index (χ0v) is 17.5. The van der Waals surface area contributed by atoms with E-state index in [9.17, 15) is 13.2 Å². The molecule has 0 spiro atoms. The number of alkyl halides is 3. The van der Waals surface area contributed by atoms with Gasteiger partial charge in [-0.3, -0.25) is 9.58 Å². The fourth-order valence-corrected chi connectivity index (χ4v) is 3.70. The van der Waals surface area contributed by atoms with Crippen molar-refractivity contribution in [1.29, 1.82) is 0 Å². The quantitative estimate of drug-likeness (QED) is 0.651. The van der Waals surface area contributed by atoms with Crippen LogP contribution in [0.1, 0.15) is 17.0 Å². The van der Waals surface area contributed by atoms with E-state index in [2.05, 4.69) is 56.0 Å². The van der Waals surface area contributed by atoms with Crippen molar-refractivity contribution in [2.24, 2.45) is 0 Å². The number of anilines is 1. The van der Waals surface area contributed by atoms with Gasteiger partial charge in [-0.1, -0.05) is 27.5 Å². The Kier molecular flexibility index (Phi) is 6.08. The van der Waals surface area contributed by atoms with E-state index in [0.29, 0.717) is 18.8 Å². The minimum Gasteiger partial charge on any atom is -0.369 e. The number of aromatic nitrogens is 2. The maximum atomic E-state index is 12.9. The lowest BCUT2D eigenvalue weighted by Crippen LogP contribution is -2.47. The van der Waals surface area contributed by atoms with Crippen molar-refractivity contribution in [3.63, 3.8) is 0 Å². The Bertz CT molecular complexity index is 814. The molecule has 27 heavy (non-hydrogen) atoms. The van der Waals surface area contributed by atoms with Crippen molar-refractivity contribution >= 4 is 33.2 Å². The fourth-order valence-electron chi connectivity index (χ4n) is 3.21. The summed E-state index contributed by atoms with van der Waals surface area (Å²) in [5, 5.41) is 3.36. The van der Waals surface area contributed by atoms with E-state index in [4.69, 9.17) is 11.6 Å². The topological polar surface area (TPSA) is 24.3 Å². The molecule has 2 aromatic rings. The summed E-state index contributed by atoms with van der Waals surface area (Å²) in [5.74, 6) is 0. The van der Waals surface area contributed by atoms with Gasteiger partial charge >= 0.3 is 6.18 Å². The smallest absolute Gasteiger partial charge is 0.369 e. The largest absolute Gasteiger partial charge is 0.436 e. The lowest BCUT2D eigenvalue weighted by atomic mass is 10.2. The van der Waals surface area contributed by atoms with Crippen molar-refractivity contribution in [3.05, 3.63) is 44.6 Å². The molecule has 148 valence electrons. The van der Waals surface area contributed by atoms with Crippen LogP contribution in [0.4, 0.5) is 18.9 Å². The first kappa shape index (κ1) is 20.5. The standard InChI is InChI=1S/C18H21BrClF3N4/c1-12-11-14(3-4-15(12)19)26-8-5-25(6-9-26)7-10-27-13(2)16(20)17(24-27)18(21,22)23/h3-4,11H,5-10H2,1-2H3. The molecule has 1 saturated heterocycles. The highest BCUT2D eigenvalue weighted by Crippen LogP contribution is 2.35. The maximum absolute atomic E-state index is 12.9. The Balaban J connectivity index is 1.56.